The number of hydrogen-bond acceptors (Lipinski definition) is 7. The number of hydrogen-bond donors (Lipinski definition) is 2. The van der Waals surface area contributed by atoms with Crippen LogP contribution in [0, 0.1) is 5.92 Å². The Kier molecular flexibility index (Phi) is 6.95. The van der Waals surface area contributed by atoms with E-state index in [0.717, 1.165) is 49.5 Å². The van der Waals surface area contributed by atoms with E-state index in [9.17, 15) is 0 Å². The van der Waals surface area contributed by atoms with Gasteiger partial charge in [0.25, 0.3) is 0 Å². The smallest absolute Gasteiger partial charge is 0.320 e. The van der Waals surface area contributed by atoms with E-state index in [2.05, 4.69) is 32.0 Å². The standard InChI is InChI=1S/C22H38N6O/c1-2-3-15-29-22-25-20(23)19-21(26-22)28(16-24-19)12-6-7-17-10-13-27(14-11-17)18-8-4-5-9-18/h17-18,24H,2-16H2,1H3,(H2,23,25,26). The van der Waals surface area contributed by atoms with E-state index in [1.54, 1.807) is 0 Å². The maximum atomic E-state index is 6.12. The Hall–Kier alpha value is -1.76. The minimum Gasteiger partial charge on any atom is -0.463 e. The molecule has 0 aromatic carbocycles. The van der Waals surface area contributed by atoms with Crippen molar-refractivity contribution in [1.29, 1.82) is 0 Å². The number of likely N-dealkylation sites (tertiary alicyclic amines) is 1. The van der Waals surface area contributed by atoms with Crippen molar-refractivity contribution in [3.05, 3.63) is 0 Å². The molecule has 1 aromatic heterocycles. The van der Waals surface area contributed by atoms with E-state index in [1.165, 1.54) is 64.5 Å². The molecule has 3 aliphatic rings. The van der Waals surface area contributed by atoms with Crippen LogP contribution in [-0.2, 0) is 0 Å². The van der Waals surface area contributed by atoms with E-state index in [-0.39, 0.29) is 0 Å². The quantitative estimate of drug-likeness (QED) is 0.607. The van der Waals surface area contributed by atoms with E-state index >= 15 is 0 Å². The predicted octanol–water partition coefficient (Wildman–Crippen LogP) is 3.86. The monoisotopic (exact) mass is 402 g/mol. The van der Waals surface area contributed by atoms with Crippen molar-refractivity contribution >= 4 is 17.3 Å². The van der Waals surface area contributed by atoms with Crippen LogP contribution in [0.2, 0.25) is 0 Å². The van der Waals surface area contributed by atoms with Crippen molar-refractivity contribution < 1.29 is 4.74 Å². The van der Waals surface area contributed by atoms with Crippen molar-refractivity contribution in [3.63, 3.8) is 0 Å². The SMILES string of the molecule is CCCCOc1nc(N)c2c(n1)N(CCCC1CCN(C3CCCC3)CC1)CN2. The third-order valence-corrected chi connectivity index (χ3v) is 6.90. The van der Waals surface area contributed by atoms with E-state index in [1.807, 2.05) is 0 Å². The molecule has 1 saturated heterocycles. The second kappa shape index (κ2) is 9.83. The molecular formula is C22H38N6O. The summed E-state index contributed by atoms with van der Waals surface area (Å²) in [6.07, 6.45) is 13.1. The number of rotatable bonds is 9. The van der Waals surface area contributed by atoms with Gasteiger partial charge in [-0.1, -0.05) is 26.2 Å². The summed E-state index contributed by atoms with van der Waals surface area (Å²) in [6.45, 7) is 7.17. The van der Waals surface area contributed by atoms with Crippen molar-refractivity contribution in [2.45, 2.75) is 77.2 Å². The van der Waals surface area contributed by atoms with Crippen LogP contribution in [0.1, 0.15) is 71.1 Å². The molecular weight excluding hydrogens is 364 g/mol. The highest BCUT2D eigenvalue weighted by Crippen LogP contribution is 2.35. The molecule has 0 atom stereocenters. The largest absolute Gasteiger partial charge is 0.463 e. The van der Waals surface area contributed by atoms with Gasteiger partial charge < -0.3 is 25.6 Å². The number of nitrogens with zero attached hydrogens (tertiary/aromatic N) is 4. The molecule has 0 bridgehead atoms. The van der Waals surface area contributed by atoms with Crippen molar-refractivity contribution in [1.82, 2.24) is 14.9 Å². The fourth-order valence-corrected chi connectivity index (χ4v) is 5.10. The summed E-state index contributed by atoms with van der Waals surface area (Å²) in [4.78, 5) is 14.0. The minimum absolute atomic E-state index is 0.405. The maximum absolute atomic E-state index is 6.12. The van der Waals surface area contributed by atoms with Gasteiger partial charge in [0.1, 0.15) is 5.69 Å². The predicted molar refractivity (Wildman–Crippen MR) is 118 cm³/mol. The van der Waals surface area contributed by atoms with Gasteiger partial charge >= 0.3 is 6.01 Å². The second-order valence-electron chi connectivity index (χ2n) is 8.95. The van der Waals surface area contributed by atoms with Gasteiger partial charge in [-0.2, -0.15) is 9.97 Å². The van der Waals surface area contributed by atoms with Gasteiger partial charge in [0, 0.05) is 12.6 Å². The molecule has 3 N–H and O–H groups in total. The van der Waals surface area contributed by atoms with Gasteiger partial charge in [0.2, 0.25) is 0 Å². The number of unbranched alkanes of at least 4 members (excludes halogenated alkanes) is 1. The summed E-state index contributed by atoms with van der Waals surface area (Å²) in [5.41, 5.74) is 6.98. The summed E-state index contributed by atoms with van der Waals surface area (Å²) in [5.74, 6) is 2.27. The van der Waals surface area contributed by atoms with Gasteiger partial charge in [0.15, 0.2) is 11.6 Å². The van der Waals surface area contributed by atoms with Gasteiger partial charge in [-0.05, 0) is 64.0 Å². The number of ether oxygens (including phenoxy) is 1. The first-order valence-electron chi connectivity index (χ1n) is 11.8. The molecule has 0 spiro atoms. The number of aromatic nitrogens is 2. The zero-order valence-corrected chi connectivity index (χ0v) is 18.0. The van der Waals surface area contributed by atoms with Crippen molar-refractivity contribution in [2.75, 3.05) is 48.9 Å². The number of piperidine rings is 1. The van der Waals surface area contributed by atoms with Crippen molar-refractivity contribution in [3.8, 4) is 6.01 Å². The van der Waals surface area contributed by atoms with Crippen LogP contribution in [0.15, 0.2) is 0 Å². The van der Waals surface area contributed by atoms with Gasteiger partial charge in [-0.15, -0.1) is 0 Å². The Morgan fingerprint density at radius 3 is 2.66 bits per heavy atom. The third kappa shape index (κ3) is 5.05. The van der Waals surface area contributed by atoms with E-state index in [0.29, 0.717) is 18.4 Å². The molecule has 1 aliphatic carbocycles. The number of nitrogen functional groups attached to an aromatic ring is 1. The first-order chi connectivity index (χ1) is 14.2. The summed E-state index contributed by atoms with van der Waals surface area (Å²) < 4.78 is 5.69. The van der Waals surface area contributed by atoms with Crippen LogP contribution in [-0.4, -0.2) is 53.8 Å². The summed E-state index contributed by atoms with van der Waals surface area (Å²) >= 11 is 0. The first-order valence-corrected chi connectivity index (χ1v) is 11.8. The number of nitrogens with two attached hydrogens (primary N) is 1. The van der Waals surface area contributed by atoms with Gasteiger partial charge in [0.05, 0.1) is 13.3 Å². The van der Waals surface area contributed by atoms with Crippen LogP contribution in [0.3, 0.4) is 0 Å². The molecule has 0 amide bonds. The summed E-state index contributed by atoms with van der Waals surface area (Å²) in [6, 6.07) is 1.30. The zero-order chi connectivity index (χ0) is 20.1. The zero-order valence-electron chi connectivity index (χ0n) is 18.0. The fourth-order valence-electron chi connectivity index (χ4n) is 5.10. The second-order valence-corrected chi connectivity index (χ2v) is 8.95. The Morgan fingerprint density at radius 1 is 1.10 bits per heavy atom. The number of fused-ring (bicyclic) bond motifs is 1. The van der Waals surface area contributed by atoms with E-state index in [4.69, 9.17) is 10.5 Å². The highest BCUT2D eigenvalue weighted by Gasteiger charge is 2.28. The highest BCUT2D eigenvalue weighted by molar-refractivity contribution is 5.80. The lowest BCUT2D eigenvalue weighted by atomic mass is 9.91. The number of nitrogens with one attached hydrogen (secondary N) is 1. The molecule has 7 nitrogen and oxygen atoms in total. The Balaban J connectivity index is 1.23. The Bertz CT molecular complexity index is 655. The lowest BCUT2D eigenvalue weighted by Gasteiger charge is -2.36. The molecule has 0 radical (unpaired) electrons. The minimum atomic E-state index is 0.405. The molecule has 7 heteroatoms. The number of anilines is 3. The third-order valence-electron chi connectivity index (χ3n) is 6.90. The van der Waals surface area contributed by atoms with Crippen LogP contribution >= 0.6 is 0 Å². The van der Waals surface area contributed by atoms with Gasteiger partial charge in [-0.25, -0.2) is 0 Å². The van der Waals surface area contributed by atoms with Gasteiger partial charge in [-0.3, -0.25) is 0 Å². The van der Waals surface area contributed by atoms with Crippen LogP contribution in [0.5, 0.6) is 6.01 Å². The van der Waals surface area contributed by atoms with Crippen molar-refractivity contribution in [2.24, 2.45) is 5.92 Å². The molecule has 2 aliphatic heterocycles. The molecule has 3 heterocycles. The Morgan fingerprint density at radius 2 is 1.90 bits per heavy atom. The average Bonchev–Trinajstić information content (AvgIpc) is 3.40. The normalized spacial score (nSPS) is 20.8. The fraction of sp³-hybridized carbons (Fsp3) is 0.818. The molecule has 0 unspecified atom stereocenters. The Labute approximate surface area is 175 Å². The molecule has 2 fully saturated rings. The van der Waals surface area contributed by atoms with Crippen LogP contribution in [0.4, 0.5) is 17.3 Å². The maximum Gasteiger partial charge on any atom is 0.320 e. The molecule has 1 saturated carbocycles. The van der Waals surface area contributed by atoms with Crippen LogP contribution < -0.4 is 20.7 Å². The first kappa shape index (κ1) is 20.5. The van der Waals surface area contributed by atoms with Crippen LogP contribution in [0.25, 0.3) is 0 Å². The lowest BCUT2D eigenvalue weighted by Crippen LogP contribution is -2.40. The summed E-state index contributed by atoms with van der Waals surface area (Å²) in [7, 11) is 0. The molecule has 4 rings (SSSR count). The van der Waals surface area contributed by atoms with E-state index < -0.39 is 0 Å². The molecule has 162 valence electrons. The molecule has 1 aromatic rings. The summed E-state index contributed by atoms with van der Waals surface area (Å²) in [5, 5.41) is 3.35. The lowest BCUT2D eigenvalue weighted by molar-refractivity contribution is 0.130. The average molecular weight is 403 g/mol. The topological polar surface area (TPSA) is 79.5 Å². The molecule has 29 heavy (non-hydrogen) atoms. The highest BCUT2D eigenvalue weighted by atomic mass is 16.5.